The molecule has 3 aromatic rings. The fraction of sp³-hybridized carbons (Fsp3) is 0.364. The summed E-state index contributed by atoms with van der Waals surface area (Å²) in [5, 5.41) is 26.3. The number of aliphatic imine (C=N–C) groups is 1. The van der Waals surface area contributed by atoms with Crippen LogP contribution in [0.5, 0.6) is 5.88 Å². The average molecular weight is 523 g/mol. The van der Waals surface area contributed by atoms with E-state index in [9.17, 15) is 22.0 Å². The van der Waals surface area contributed by atoms with Gasteiger partial charge in [-0.2, -0.15) is 28.6 Å². The number of hydrogen-bond acceptors (Lipinski definition) is 7. The molecule has 0 bridgehead atoms. The molecule has 0 aliphatic heterocycles. The first kappa shape index (κ1) is 27.2. The maximum Gasteiger partial charge on any atom is 0.435 e. The Balaban J connectivity index is 1.78. The van der Waals surface area contributed by atoms with E-state index in [0.717, 1.165) is 4.68 Å². The second-order valence-corrected chi connectivity index (χ2v) is 7.91. The van der Waals surface area contributed by atoms with E-state index in [1.165, 1.54) is 13.2 Å². The summed E-state index contributed by atoms with van der Waals surface area (Å²) in [7, 11) is 1.38. The molecule has 3 aromatic heterocycles. The third kappa shape index (κ3) is 6.87. The third-order valence-corrected chi connectivity index (χ3v) is 4.94. The van der Waals surface area contributed by atoms with Crippen molar-refractivity contribution >= 4 is 11.6 Å². The summed E-state index contributed by atoms with van der Waals surface area (Å²) in [4.78, 5) is 7.78. The number of alkyl halides is 5. The van der Waals surface area contributed by atoms with Gasteiger partial charge in [-0.1, -0.05) is 0 Å². The molecule has 0 saturated carbocycles. The maximum absolute atomic E-state index is 13.4. The van der Waals surface area contributed by atoms with Crippen molar-refractivity contribution in [1.82, 2.24) is 30.3 Å². The van der Waals surface area contributed by atoms with Crippen LogP contribution in [0.3, 0.4) is 0 Å². The van der Waals surface area contributed by atoms with Crippen LogP contribution in [0.15, 0.2) is 23.3 Å². The zero-order valence-corrected chi connectivity index (χ0v) is 20.2. The summed E-state index contributed by atoms with van der Waals surface area (Å²) in [6, 6.07) is 3.16. The number of nitriles is 1. The van der Waals surface area contributed by atoms with Crippen molar-refractivity contribution in [3.63, 3.8) is 0 Å². The van der Waals surface area contributed by atoms with E-state index in [4.69, 9.17) is 10.00 Å². The number of rotatable bonds is 7. The Morgan fingerprint density at radius 2 is 1.95 bits per heavy atom. The Bertz CT molecular complexity index is 1350. The van der Waals surface area contributed by atoms with Crippen LogP contribution in [0.4, 0.5) is 27.6 Å². The Morgan fingerprint density at radius 1 is 1.22 bits per heavy atom. The van der Waals surface area contributed by atoms with E-state index in [2.05, 4.69) is 35.9 Å². The van der Waals surface area contributed by atoms with Crippen molar-refractivity contribution in [1.29, 1.82) is 5.26 Å². The van der Waals surface area contributed by atoms with Crippen LogP contribution >= 0.6 is 0 Å². The molecule has 0 aromatic carbocycles. The minimum absolute atomic E-state index is 0.00446. The smallest absolute Gasteiger partial charge is 0.435 e. The van der Waals surface area contributed by atoms with Crippen LogP contribution in [0.25, 0.3) is 11.3 Å². The van der Waals surface area contributed by atoms with Crippen LogP contribution in [0.2, 0.25) is 0 Å². The summed E-state index contributed by atoms with van der Waals surface area (Å²) < 4.78 is 71.3. The summed E-state index contributed by atoms with van der Waals surface area (Å²) >= 11 is 0. The molecule has 0 saturated heterocycles. The first-order valence-electron chi connectivity index (χ1n) is 10.7. The summed E-state index contributed by atoms with van der Waals surface area (Å²) in [6.45, 7) is 4.01. The number of halogens is 5. The zero-order valence-electron chi connectivity index (χ0n) is 20.2. The van der Waals surface area contributed by atoms with Gasteiger partial charge in [-0.25, -0.2) is 13.8 Å². The number of ether oxygens (including phenoxy) is 1. The van der Waals surface area contributed by atoms with Gasteiger partial charge < -0.3 is 15.4 Å². The van der Waals surface area contributed by atoms with Crippen LogP contribution in [-0.2, 0) is 19.8 Å². The molecule has 37 heavy (non-hydrogen) atoms. The van der Waals surface area contributed by atoms with Gasteiger partial charge in [0.15, 0.2) is 12.3 Å². The molecule has 0 aliphatic rings. The lowest BCUT2D eigenvalue weighted by Crippen LogP contribution is -2.31. The molecule has 0 unspecified atom stereocenters. The van der Waals surface area contributed by atoms with Gasteiger partial charge in [0.2, 0.25) is 18.0 Å². The lowest BCUT2D eigenvalue weighted by atomic mass is 10.1. The standard InChI is InChI=1S/C22H22F5N9O/c1-11-5-14(33-34-18(11)15-8-36(4)35-19(15)22(25,26)27)7-29-21(30-10-28)32-16-6-12(2)31-20(13(16)3)37-9-17(23)24/h5-6,8,17H,7,9H2,1-4H3,(H2,29,30,31,32). The Morgan fingerprint density at radius 3 is 2.57 bits per heavy atom. The number of aryl methyl sites for hydroxylation is 3. The number of nitrogens with zero attached hydrogens (tertiary/aromatic N) is 7. The molecule has 3 rings (SSSR count). The molecular formula is C22H22F5N9O. The van der Waals surface area contributed by atoms with Gasteiger partial charge in [-0.15, -0.1) is 10.1 Å². The van der Waals surface area contributed by atoms with Crippen molar-refractivity contribution in [3.8, 4) is 23.3 Å². The number of pyridine rings is 1. The summed E-state index contributed by atoms with van der Waals surface area (Å²) in [5.41, 5.74) is 0.856. The van der Waals surface area contributed by atoms with Crippen molar-refractivity contribution in [2.75, 3.05) is 11.9 Å². The van der Waals surface area contributed by atoms with E-state index in [-0.39, 0.29) is 29.6 Å². The van der Waals surface area contributed by atoms with E-state index in [1.807, 2.05) is 0 Å². The van der Waals surface area contributed by atoms with E-state index < -0.39 is 24.9 Å². The fourth-order valence-corrected chi connectivity index (χ4v) is 3.35. The van der Waals surface area contributed by atoms with E-state index in [0.29, 0.717) is 28.2 Å². The summed E-state index contributed by atoms with van der Waals surface area (Å²) in [5.74, 6) is 0.0102. The van der Waals surface area contributed by atoms with Crippen molar-refractivity contribution < 1.29 is 26.7 Å². The normalized spacial score (nSPS) is 12.0. The number of hydrogen-bond donors (Lipinski definition) is 2. The highest BCUT2D eigenvalue weighted by Crippen LogP contribution is 2.36. The predicted molar refractivity (Wildman–Crippen MR) is 123 cm³/mol. The van der Waals surface area contributed by atoms with E-state index >= 15 is 0 Å². The van der Waals surface area contributed by atoms with Crippen LogP contribution in [-0.4, -0.2) is 44.0 Å². The van der Waals surface area contributed by atoms with Gasteiger partial charge in [-0.05, 0) is 38.5 Å². The Kier molecular flexibility index (Phi) is 8.21. The molecule has 2 N–H and O–H groups in total. The molecule has 0 radical (unpaired) electrons. The van der Waals surface area contributed by atoms with Gasteiger partial charge in [0.05, 0.1) is 29.2 Å². The van der Waals surface area contributed by atoms with Crippen molar-refractivity contribution in [2.45, 2.75) is 39.9 Å². The lowest BCUT2D eigenvalue weighted by molar-refractivity contribution is -0.141. The van der Waals surface area contributed by atoms with Gasteiger partial charge >= 0.3 is 6.18 Å². The molecule has 3 heterocycles. The van der Waals surface area contributed by atoms with Gasteiger partial charge in [0.1, 0.15) is 0 Å². The van der Waals surface area contributed by atoms with Crippen LogP contribution in [0, 0.1) is 32.2 Å². The highest BCUT2D eigenvalue weighted by Gasteiger charge is 2.38. The minimum Gasteiger partial charge on any atom is -0.471 e. The SMILES string of the molecule is Cc1cc(N/C(=N\C#N)NCc2cc(C)c(-c3cn(C)nc3C(F)(F)F)nn2)c(C)c(OCC(F)F)n1. The first-order chi connectivity index (χ1) is 17.4. The highest BCUT2D eigenvalue weighted by atomic mass is 19.4. The number of guanidine groups is 1. The quantitative estimate of drug-likeness (QED) is 0.207. The van der Waals surface area contributed by atoms with Gasteiger partial charge in [-0.3, -0.25) is 4.68 Å². The molecule has 196 valence electrons. The highest BCUT2D eigenvalue weighted by molar-refractivity contribution is 5.95. The van der Waals surface area contributed by atoms with Gasteiger partial charge in [0.25, 0.3) is 6.43 Å². The minimum atomic E-state index is -4.66. The monoisotopic (exact) mass is 523 g/mol. The molecular weight excluding hydrogens is 501 g/mol. The predicted octanol–water partition coefficient (Wildman–Crippen LogP) is 3.90. The second-order valence-electron chi connectivity index (χ2n) is 7.91. The molecule has 0 aliphatic carbocycles. The molecule has 0 atom stereocenters. The average Bonchev–Trinajstić information content (AvgIpc) is 3.20. The van der Waals surface area contributed by atoms with Crippen molar-refractivity contribution in [2.24, 2.45) is 12.0 Å². The Hall–Kier alpha value is -4.35. The van der Waals surface area contributed by atoms with Gasteiger partial charge in [0, 0.05) is 24.5 Å². The molecule has 15 heteroatoms. The largest absolute Gasteiger partial charge is 0.471 e. The number of anilines is 1. The van der Waals surface area contributed by atoms with Crippen LogP contribution in [0.1, 0.15) is 28.2 Å². The fourth-order valence-electron chi connectivity index (χ4n) is 3.35. The van der Waals surface area contributed by atoms with Crippen LogP contribution < -0.4 is 15.4 Å². The lowest BCUT2D eigenvalue weighted by Gasteiger charge is -2.16. The van der Waals surface area contributed by atoms with E-state index in [1.54, 1.807) is 39.1 Å². The molecule has 0 spiro atoms. The maximum atomic E-state index is 13.4. The number of nitrogens with one attached hydrogen (secondary N) is 2. The third-order valence-electron chi connectivity index (χ3n) is 4.94. The topological polar surface area (TPSA) is 126 Å². The summed E-state index contributed by atoms with van der Waals surface area (Å²) in [6.07, 6.45) is -4.47. The zero-order chi connectivity index (χ0) is 27.3. The molecule has 0 fully saturated rings. The van der Waals surface area contributed by atoms with Crippen molar-refractivity contribution in [3.05, 3.63) is 46.5 Å². The molecule has 0 amide bonds. The number of aromatic nitrogens is 5. The first-order valence-corrected chi connectivity index (χ1v) is 10.7. The Labute approximate surface area is 208 Å². The molecule has 10 nitrogen and oxygen atoms in total. The second kappa shape index (κ2) is 11.1.